The molecule has 9 heteroatoms. The molecule has 0 radical (unpaired) electrons. The molecule has 116 valence electrons. The standard InChI is InChI=1S/C12H15NO6S2/c1-9-2-4-10(5-3-9)21(18,19)13-6-7-20(16,17)8-11(13)12(14)15/h2-5,11H,6-8H2,1H3,(H,14,15)/t11-/m0/s1. The average molecular weight is 333 g/mol. The summed E-state index contributed by atoms with van der Waals surface area (Å²) in [6, 6.07) is 4.38. The highest BCUT2D eigenvalue weighted by molar-refractivity contribution is 7.92. The molecular formula is C12H15NO6S2. The van der Waals surface area contributed by atoms with Crippen LogP contribution >= 0.6 is 0 Å². The molecule has 0 amide bonds. The Labute approximate surface area is 123 Å². The number of nitrogens with zero attached hydrogens (tertiary/aromatic N) is 1. The first kappa shape index (κ1) is 15.9. The van der Waals surface area contributed by atoms with Gasteiger partial charge < -0.3 is 5.11 Å². The van der Waals surface area contributed by atoms with E-state index < -0.39 is 37.6 Å². The van der Waals surface area contributed by atoms with E-state index in [1.807, 2.05) is 0 Å². The maximum atomic E-state index is 12.5. The van der Waals surface area contributed by atoms with Crippen molar-refractivity contribution in [1.82, 2.24) is 4.31 Å². The normalized spacial score (nSPS) is 22.8. The van der Waals surface area contributed by atoms with Crippen molar-refractivity contribution in [3.05, 3.63) is 29.8 Å². The molecule has 1 aliphatic rings. The third kappa shape index (κ3) is 3.25. The van der Waals surface area contributed by atoms with Gasteiger partial charge in [-0.1, -0.05) is 17.7 Å². The van der Waals surface area contributed by atoms with Crippen LogP contribution in [0.5, 0.6) is 0 Å². The van der Waals surface area contributed by atoms with Gasteiger partial charge in [-0.05, 0) is 19.1 Å². The molecule has 2 rings (SSSR count). The fraction of sp³-hybridized carbons (Fsp3) is 0.417. The van der Waals surface area contributed by atoms with Gasteiger partial charge in [0.1, 0.15) is 6.04 Å². The monoisotopic (exact) mass is 333 g/mol. The molecule has 21 heavy (non-hydrogen) atoms. The zero-order valence-electron chi connectivity index (χ0n) is 11.3. The minimum atomic E-state index is -4.04. The summed E-state index contributed by atoms with van der Waals surface area (Å²) in [7, 11) is -7.58. The fourth-order valence-electron chi connectivity index (χ4n) is 2.12. The largest absolute Gasteiger partial charge is 0.480 e. The molecule has 1 atom stereocenters. The van der Waals surface area contributed by atoms with E-state index in [1.54, 1.807) is 19.1 Å². The molecule has 1 saturated heterocycles. The third-order valence-electron chi connectivity index (χ3n) is 3.29. The number of hydrogen-bond acceptors (Lipinski definition) is 5. The molecule has 7 nitrogen and oxygen atoms in total. The van der Waals surface area contributed by atoms with Crippen LogP contribution in [0.1, 0.15) is 5.56 Å². The first-order valence-electron chi connectivity index (χ1n) is 6.15. The lowest BCUT2D eigenvalue weighted by Crippen LogP contribution is -2.54. The van der Waals surface area contributed by atoms with Crippen LogP contribution in [0, 0.1) is 6.92 Å². The zero-order valence-corrected chi connectivity index (χ0v) is 12.9. The average Bonchev–Trinajstić information content (AvgIpc) is 2.37. The molecule has 1 aromatic rings. The van der Waals surface area contributed by atoms with E-state index in [0.29, 0.717) is 0 Å². The van der Waals surface area contributed by atoms with Crippen molar-refractivity contribution in [3.8, 4) is 0 Å². The summed E-state index contributed by atoms with van der Waals surface area (Å²) < 4.78 is 48.8. The zero-order chi connectivity index (χ0) is 15.8. The van der Waals surface area contributed by atoms with E-state index >= 15 is 0 Å². The van der Waals surface area contributed by atoms with Crippen molar-refractivity contribution < 1.29 is 26.7 Å². The van der Waals surface area contributed by atoms with Gasteiger partial charge in [-0.2, -0.15) is 4.31 Å². The van der Waals surface area contributed by atoms with Crippen LogP contribution in [0.15, 0.2) is 29.2 Å². The summed E-state index contributed by atoms with van der Waals surface area (Å²) in [5.41, 5.74) is 0.866. The minimum absolute atomic E-state index is 0.0429. The van der Waals surface area contributed by atoms with E-state index in [4.69, 9.17) is 5.11 Å². The molecule has 0 aliphatic carbocycles. The lowest BCUT2D eigenvalue weighted by molar-refractivity contribution is -0.140. The summed E-state index contributed by atoms with van der Waals surface area (Å²) in [4.78, 5) is 11.2. The Kier molecular flexibility index (Phi) is 4.09. The lowest BCUT2D eigenvalue weighted by atomic mass is 10.2. The van der Waals surface area contributed by atoms with Gasteiger partial charge in [0.15, 0.2) is 9.84 Å². The SMILES string of the molecule is Cc1ccc(S(=O)(=O)N2CCS(=O)(=O)C[C@H]2C(=O)O)cc1. The second-order valence-corrected chi connectivity index (χ2v) is 9.02. The number of rotatable bonds is 3. The van der Waals surface area contributed by atoms with Crippen molar-refractivity contribution in [1.29, 1.82) is 0 Å². The third-order valence-corrected chi connectivity index (χ3v) is 6.85. The molecule has 1 fully saturated rings. The van der Waals surface area contributed by atoms with Gasteiger partial charge >= 0.3 is 5.97 Å². The van der Waals surface area contributed by atoms with Gasteiger partial charge in [0, 0.05) is 6.54 Å². The maximum absolute atomic E-state index is 12.5. The first-order valence-corrected chi connectivity index (χ1v) is 9.41. The minimum Gasteiger partial charge on any atom is -0.480 e. The van der Waals surface area contributed by atoms with E-state index in [-0.39, 0.29) is 17.2 Å². The van der Waals surface area contributed by atoms with Crippen molar-refractivity contribution in [2.45, 2.75) is 17.9 Å². The van der Waals surface area contributed by atoms with Crippen LogP contribution < -0.4 is 0 Å². The number of benzene rings is 1. The molecule has 0 saturated carbocycles. The molecule has 0 spiro atoms. The number of aryl methyl sites for hydroxylation is 1. The van der Waals surface area contributed by atoms with Crippen molar-refractivity contribution in [2.24, 2.45) is 0 Å². The molecule has 0 bridgehead atoms. The van der Waals surface area contributed by atoms with Crippen molar-refractivity contribution in [3.63, 3.8) is 0 Å². The van der Waals surface area contributed by atoms with Gasteiger partial charge in [0.2, 0.25) is 10.0 Å². The smallest absolute Gasteiger partial charge is 0.323 e. The quantitative estimate of drug-likeness (QED) is 0.825. The van der Waals surface area contributed by atoms with Crippen LogP contribution in [0.4, 0.5) is 0 Å². The summed E-state index contributed by atoms with van der Waals surface area (Å²) >= 11 is 0. The highest BCUT2D eigenvalue weighted by atomic mass is 32.2. The first-order chi connectivity index (χ1) is 9.63. The highest BCUT2D eigenvalue weighted by Gasteiger charge is 2.42. The number of hydrogen-bond donors (Lipinski definition) is 1. The Morgan fingerprint density at radius 3 is 2.38 bits per heavy atom. The maximum Gasteiger partial charge on any atom is 0.323 e. The molecule has 1 heterocycles. The van der Waals surface area contributed by atoms with Gasteiger partial charge in [-0.25, -0.2) is 16.8 Å². The number of carboxylic acids is 1. The van der Waals surface area contributed by atoms with Crippen LogP contribution in [-0.4, -0.2) is 56.3 Å². The molecule has 1 N–H and O–H groups in total. The van der Waals surface area contributed by atoms with Gasteiger partial charge in [-0.15, -0.1) is 0 Å². The summed E-state index contributed by atoms with van der Waals surface area (Å²) in [6.45, 7) is 1.44. The second kappa shape index (κ2) is 5.39. The van der Waals surface area contributed by atoms with E-state index in [2.05, 4.69) is 0 Å². The summed E-state index contributed by atoms with van der Waals surface area (Å²) in [5, 5.41) is 9.12. The second-order valence-electron chi connectivity index (χ2n) is 4.90. The lowest BCUT2D eigenvalue weighted by Gasteiger charge is -2.31. The van der Waals surface area contributed by atoms with E-state index in [9.17, 15) is 21.6 Å². The van der Waals surface area contributed by atoms with Crippen molar-refractivity contribution >= 4 is 25.8 Å². The van der Waals surface area contributed by atoms with Gasteiger partial charge in [0.25, 0.3) is 0 Å². The Morgan fingerprint density at radius 1 is 1.29 bits per heavy atom. The number of carboxylic acid groups (broad SMARTS) is 1. The Bertz CT molecular complexity index is 751. The molecule has 0 unspecified atom stereocenters. The number of aliphatic carboxylic acids is 1. The number of sulfonamides is 1. The van der Waals surface area contributed by atoms with Crippen LogP contribution in [0.2, 0.25) is 0 Å². The summed E-state index contributed by atoms with van der Waals surface area (Å²) in [5.74, 6) is -2.54. The molecule has 0 aromatic heterocycles. The topological polar surface area (TPSA) is 109 Å². The number of sulfone groups is 1. The fourth-order valence-corrected chi connectivity index (χ4v) is 5.36. The Morgan fingerprint density at radius 2 is 1.86 bits per heavy atom. The van der Waals surface area contributed by atoms with E-state index in [0.717, 1.165) is 9.87 Å². The molecule has 1 aromatic carbocycles. The Balaban J connectivity index is 2.43. The van der Waals surface area contributed by atoms with Crippen molar-refractivity contribution in [2.75, 3.05) is 18.1 Å². The predicted molar refractivity (Wildman–Crippen MR) is 75.1 cm³/mol. The van der Waals surface area contributed by atoms with Crippen LogP contribution in [-0.2, 0) is 24.7 Å². The van der Waals surface area contributed by atoms with Gasteiger partial charge in [-0.3, -0.25) is 4.79 Å². The molecular weight excluding hydrogens is 318 g/mol. The number of carbonyl (C=O) groups is 1. The van der Waals surface area contributed by atoms with Crippen LogP contribution in [0.3, 0.4) is 0 Å². The summed E-state index contributed by atoms with van der Waals surface area (Å²) in [6.07, 6.45) is 0. The van der Waals surface area contributed by atoms with E-state index in [1.165, 1.54) is 12.1 Å². The Hall–Kier alpha value is -1.45. The van der Waals surface area contributed by atoms with Gasteiger partial charge in [0.05, 0.1) is 16.4 Å². The highest BCUT2D eigenvalue weighted by Crippen LogP contribution is 2.23. The molecule has 1 aliphatic heterocycles. The predicted octanol–water partition coefficient (Wildman–Crippen LogP) is -0.133. The van der Waals surface area contributed by atoms with Crippen LogP contribution in [0.25, 0.3) is 0 Å².